The lowest BCUT2D eigenvalue weighted by molar-refractivity contribution is 0.354. The molecule has 1 N–H and O–H groups in total. The predicted molar refractivity (Wildman–Crippen MR) is 94.7 cm³/mol. The van der Waals surface area contributed by atoms with Gasteiger partial charge in [0.05, 0.1) is 5.71 Å². The summed E-state index contributed by atoms with van der Waals surface area (Å²) < 4.78 is 13.8. The van der Waals surface area contributed by atoms with Crippen molar-refractivity contribution in [3.63, 3.8) is 0 Å². The van der Waals surface area contributed by atoms with Gasteiger partial charge >= 0.3 is 0 Å². The average Bonchev–Trinajstić information content (AvgIpc) is 2.59. The van der Waals surface area contributed by atoms with Crippen molar-refractivity contribution in [2.45, 2.75) is 25.9 Å². The number of aryl methyl sites for hydroxylation is 1. The van der Waals surface area contributed by atoms with E-state index in [0.717, 1.165) is 18.4 Å². The van der Waals surface area contributed by atoms with Crippen LogP contribution in [-0.2, 0) is 6.42 Å². The van der Waals surface area contributed by atoms with Crippen LogP contribution in [0.1, 0.15) is 24.5 Å². The quantitative estimate of drug-likeness (QED) is 0.918. The number of rotatable bonds is 4. The van der Waals surface area contributed by atoms with Crippen LogP contribution in [0.4, 0.5) is 4.39 Å². The van der Waals surface area contributed by atoms with Gasteiger partial charge in [0.25, 0.3) is 0 Å². The number of aromatic hydroxyl groups is 1. The fraction of sp³-hybridized carbons (Fsp3) is 0.250. The molecule has 0 radical (unpaired) electrons. The number of hydrogen-bond donors (Lipinski definition) is 1. The zero-order chi connectivity index (χ0) is 17.1. The molecular formula is C20H21FN2O. The van der Waals surface area contributed by atoms with E-state index in [1.165, 1.54) is 11.6 Å². The monoisotopic (exact) mass is 324 g/mol. The molecule has 24 heavy (non-hydrogen) atoms. The van der Waals surface area contributed by atoms with E-state index in [1.807, 2.05) is 43.3 Å². The first-order valence-corrected chi connectivity index (χ1v) is 8.09. The van der Waals surface area contributed by atoms with Gasteiger partial charge in [-0.05, 0) is 43.0 Å². The van der Waals surface area contributed by atoms with Gasteiger partial charge in [0.2, 0.25) is 0 Å². The third kappa shape index (κ3) is 3.32. The minimum atomic E-state index is -0.621. The van der Waals surface area contributed by atoms with Crippen molar-refractivity contribution >= 4 is 5.71 Å². The van der Waals surface area contributed by atoms with Gasteiger partial charge in [-0.1, -0.05) is 36.4 Å². The number of aliphatic imine (C=N–C) groups is 1. The van der Waals surface area contributed by atoms with Crippen molar-refractivity contribution in [3.8, 4) is 5.75 Å². The summed E-state index contributed by atoms with van der Waals surface area (Å²) in [6, 6.07) is 14.8. The highest BCUT2D eigenvalue weighted by Crippen LogP contribution is 2.28. The van der Waals surface area contributed by atoms with E-state index in [0.29, 0.717) is 11.3 Å². The molecule has 0 saturated heterocycles. The van der Waals surface area contributed by atoms with Crippen molar-refractivity contribution in [2.75, 3.05) is 7.05 Å². The first kappa shape index (κ1) is 16.2. The molecule has 0 fully saturated rings. The van der Waals surface area contributed by atoms with E-state index < -0.39 is 5.82 Å². The lowest BCUT2D eigenvalue weighted by Crippen LogP contribution is -2.29. The molecule has 1 heterocycles. The van der Waals surface area contributed by atoms with Crippen molar-refractivity contribution < 1.29 is 9.50 Å². The van der Waals surface area contributed by atoms with Crippen LogP contribution < -0.4 is 0 Å². The lowest BCUT2D eigenvalue weighted by atomic mass is 9.95. The Morgan fingerprint density at radius 1 is 1.08 bits per heavy atom. The Morgan fingerprint density at radius 3 is 2.58 bits per heavy atom. The standard InChI is InChI=1S/C20H21FN2O/c1-14-22-19(17-9-6-10-18(21)20(17)24)16(13-23(14)2)12-11-15-7-4-3-5-8-15/h3-10,13-14,24H,11-12H2,1-2H3. The molecule has 1 unspecified atom stereocenters. The molecule has 0 spiro atoms. The number of nitrogens with zero attached hydrogens (tertiary/aromatic N) is 2. The van der Waals surface area contributed by atoms with Gasteiger partial charge in [0.1, 0.15) is 6.17 Å². The molecule has 4 heteroatoms. The molecule has 3 rings (SSSR count). The Morgan fingerprint density at radius 2 is 1.83 bits per heavy atom. The SMILES string of the molecule is CC1N=C(c2cccc(F)c2O)C(CCc2ccccc2)=CN1C. The molecule has 3 nitrogen and oxygen atoms in total. The summed E-state index contributed by atoms with van der Waals surface area (Å²) in [5.74, 6) is -0.956. The van der Waals surface area contributed by atoms with Crippen LogP contribution >= 0.6 is 0 Å². The molecule has 1 atom stereocenters. The number of hydrogen-bond acceptors (Lipinski definition) is 3. The topological polar surface area (TPSA) is 35.8 Å². The maximum atomic E-state index is 13.8. The van der Waals surface area contributed by atoms with E-state index in [2.05, 4.69) is 17.1 Å². The van der Waals surface area contributed by atoms with Crippen molar-refractivity contribution in [3.05, 3.63) is 77.2 Å². The zero-order valence-electron chi connectivity index (χ0n) is 13.9. The van der Waals surface area contributed by atoms with Gasteiger partial charge in [-0.2, -0.15) is 0 Å². The molecule has 0 aliphatic carbocycles. The molecule has 0 aromatic heterocycles. The van der Waals surface area contributed by atoms with Crippen LogP contribution in [0.2, 0.25) is 0 Å². The van der Waals surface area contributed by atoms with Crippen molar-refractivity contribution in [1.82, 2.24) is 4.90 Å². The van der Waals surface area contributed by atoms with Gasteiger partial charge in [-0.3, -0.25) is 4.99 Å². The second-order valence-electron chi connectivity index (χ2n) is 6.05. The number of phenolic OH excluding ortho intramolecular Hbond substituents is 1. The largest absolute Gasteiger partial charge is 0.504 e. The molecule has 2 aromatic rings. The minimum absolute atomic E-state index is 0.0526. The zero-order valence-corrected chi connectivity index (χ0v) is 13.9. The second kappa shape index (κ2) is 6.87. The lowest BCUT2D eigenvalue weighted by Gasteiger charge is -2.28. The Kier molecular flexibility index (Phi) is 4.65. The highest BCUT2D eigenvalue weighted by atomic mass is 19.1. The van der Waals surface area contributed by atoms with Crippen LogP contribution in [0.25, 0.3) is 0 Å². The van der Waals surface area contributed by atoms with Gasteiger partial charge in [0.15, 0.2) is 11.6 Å². The summed E-state index contributed by atoms with van der Waals surface area (Å²) >= 11 is 0. The number of para-hydroxylation sites is 1. The van der Waals surface area contributed by atoms with Gasteiger partial charge in [-0.25, -0.2) is 4.39 Å². The second-order valence-corrected chi connectivity index (χ2v) is 6.05. The average molecular weight is 324 g/mol. The number of phenols is 1. The summed E-state index contributed by atoms with van der Waals surface area (Å²) in [6.45, 7) is 1.97. The van der Waals surface area contributed by atoms with E-state index in [1.54, 1.807) is 12.1 Å². The third-order valence-corrected chi connectivity index (χ3v) is 4.34. The molecule has 0 saturated carbocycles. The normalized spacial score (nSPS) is 17.5. The molecule has 2 aromatic carbocycles. The van der Waals surface area contributed by atoms with Crippen molar-refractivity contribution in [2.24, 2.45) is 4.99 Å². The van der Waals surface area contributed by atoms with Gasteiger partial charge in [0, 0.05) is 18.8 Å². The summed E-state index contributed by atoms with van der Waals surface area (Å²) in [6.07, 6.45) is 3.63. The third-order valence-electron chi connectivity index (χ3n) is 4.34. The highest BCUT2D eigenvalue weighted by molar-refractivity contribution is 6.14. The number of halogens is 1. The van der Waals surface area contributed by atoms with E-state index in [4.69, 9.17) is 0 Å². The van der Waals surface area contributed by atoms with E-state index in [9.17, 15) is 9.50 Å². The first-order chi connectivity index (χ1) is 11.6. The fourth-order valence-corrected chi connectivity index (χ4v) is 2.83. The minimum Gasteiger partial charge on any atom is -0.504 e. The maximum absolute atomic E-state index is 13.8. The highest BCUT2D eigenvalue weighted by Gasteiger charge is 2.22. The summed E-state index contributed by atoms with van der Waals surface area (Å²) in [5.41, 5.74) is 3.37. The molecule has 1 aliphatic rings. The molecule has 0 bridgehead atoms. The van der Waals surface area contributed by atoms with Crippen molar-refractivity contribution in [1.29, 1.82) is 0 Å². The maximum Gasteiger partial charge on any atom is 0.165 e. The molecule has 1 aliphatic heterocycles. The first-order valence-electron chi connectivity index (χ1n) is 8.09. The Balaban J connectivity index is 1.91. The number of benzene rings is 2. The summed E-state index contributed by atoms with van der Waals surface area (Å²) in [4.78, 5) is 6.70. The smallest absolute Gasteiger partial charge is 0.165 e. The van der Waals surface area contributed by atoms with E-state index >= 15 is 0 Å². The fourth-order valence-electron chi connectivity index (χ4n) is 2.83. The number of allylic oxidation sites excluding steroid dienone is 1. The summed E-state index contributed by atoms with van der Waals surface area (Å²) in [7, 11) is 1.97. The molecule has 124 valence electrons. The van der Waals surface area contributed by atoms with Crippen LogP contribution in [0.15, 0.2) is 65.3 Å². The van der Waals surface area contributed by atoms with Crippen LogP contribution in [-0.4, -0.2) is 28.9 Å². The van der Waals surface area contributed by atoms with E-state index in [-0.39, 0.29) is 11.9 Å². The van der Waals surface area contributed by atoms with Gasteiger partial charge in [-0.15, -0.1) is 0 Å². The predicted octanol–water partition coefficient (Wildman–Crippen LogP) is 4.13. The molecular weight excluding hydrogens is 303 g/mol. The van der Waals surface area contributed by atoms with Crippen LogP contribution in [0.5, 0.6) is 5.75 Å². The summed E-state index contributed by atoms with van der Waals surface area (Å²) in [5, 5.41) is 10.1. The van der Waals surface area contributed by atoms with Crippen LogP contribution in [0, 0.1) is 5.82 Å². The van der Waals surface area contributed by atoms with Gasteiger partial charge < -0.3 is 10.0 Å². The Labute approximate surface area is 141 Å². The Hall–Kier alpha value is -2.62. The Bertz CT molecular complexity index is 783. The molecule has 0 amide bonds. The van der Waals surface area contributed by atoms with Crippen LogP contribution in [0.3, 0.4) is 0 Å².